The molecule has 2 fully saturated rings. The van der Waals surface area contributed by atoms with Crippen LogP contribution in [0.3, 0.4) is 0 Å². The molecule has 17 heavy (non-hydrogen) atoms. The molecule has 0 aromatic carbocycles. The van der Waals surface area contributed by atoms with E-state index in [1.165, 1.54) is 39.0 Å². The minimum atomic E-state index is -0.0258. The Labute approximate surface area is 106 Å². The maximum atomic E-state index is 9.55. The first kappa shape index (κ1) is 13.3. The van der Waals surface area contributed by atoms with Crippen molar-refractivity contribution in [3.63, 3.8) is 0 Å². The van der Waals surface area contributed by atoms with Gasteiger partial charge in [0.1, 0.15) is 0 Å². The van der Waals surface area contributed by atoms with Gasteiger partial charge in [0.15, 0.2) is 0 Å². The summed E-state index contributed by atoms with van der Waals surface area (Å²) in [4.78, 5) is 5.23. The van der Waals surface area contributed by atoms with Crippen molar-refractivity contribution in [2.75, 3.05) is 26.2 Å². The normalized spacial score (nSPS) is 33.9. The van der Waals surface area contributed by atoms with Gasteiger partial charge >= 0.3 is 0 Å². The monoisotopic (exact) mass is 240 g/mol. The van der Waals surface area contributed by atoms with Crippen molar-refractivity contribution >= 4 is 0 Å². The zero-order chi connectivity index (χ0) is 12.5. The zero-order valence-corrected chi connectivity index (χ0v) is 11.7. The summed E-state index contributed by atoms with van der Waals surface area (Å²) in [5.74, 6) is 0. The first-order valence-corrected chi connectivity index (χ1v) is 7.14. The Morgan fingerprint density at radius 2 is 1.41 bits per heavy atom. The number of aliphatic hydroxyl groups is 1. The van der Waals surface area contributed by atoms with Gasteiger partial charge in [0, 0.05) is 37.8 Å². The molecule has 0 aromatic heterocycles. The standard InChI is InChI=1S/C14H28N2O/c1-14(2,3)16-10-8-15(9-11-16)12-4-6-13(17)7-5-12/h12-13,17H,4-11H2,1-3H3/t12-,13+. The number of hydrogen-bond donors (Lipinski definition) is 1. The van der Waals surface area contributed by atoms with E-state index >= 15 is 0 Å². The number of rotatable bonds is 1. The molecule has 3 nitrogen and oxygen atoms in total. The predicted molar refractivity (Wildman–Crippen MR) is 71.2 cm³/mol. The lowest BCUT2D eigenvalue weighted by molar-refractivity contribution is 0.0172. The fraction of sp³-hybridized carbons (Fsp3) is 1.00. The molecule has 1 saturated heterocycles. The quantitative estimate of drug-likeness (QED) is 0.756. The lowest BCUT2D eigenvalue weighted by Crippen LogP contribution is -2.56. The third-order valence-corrected chi connectivity index (χ3v) is 4.45. The van der Waals surface area contributed by atoms with Crippen molar-refractivity contribution in [1.29, 1.82) is 0 Å². The van der Waals surface area contributed by atoms with Crippen molar-refractivity contribution in [2.45, 2.75) is 64.1 Å². The number of aliphatic hydroxyl groups excluding tert-OH is 1. The third kappa shape index (κ3) is 3.43. The lowest BCUT2D eigenvalue weighted by Gasteiger charge is -2.45. The smallest absolute Gasteiger partial charge is 0.0541 e. The Morgan fingerprint density at radius 3 is 1.88 bits per heavy atom. The summed E-state index contributed by atoms with van der Waals surface area (Å²) in [5.41, 5.74) is 0.314. The molecule has 0 radical (unpaired) electrons. The maximum Gasteiger partial charge on any atom is 0.0541 e. The molecule has 0 atom stereocenters. The second kappa shape index (κ2) is 5.25. The van der Waals surface area contributed by atoms with Crippen LogP contribution in [0, 0.1) is 0 Å². The Hall–Kier alpha value is -0.120. The minimum Gasteiger partial charge on any atom is -0.393 e. The predicted octanol–water partition coefficient (Wildman–Crippen LogP) is 1.71. The molecule has 0 amide bonds. The van der Waals surface area contributed by atoms with Gasteiger partial charge in [-0.2, -0.15) is 0 Å². The van der Waals surface area contributed by atoms with E-state index in [2.05, 4.69) is 30.6 Å². The van der Waals surface area contributed by atoms with Crippen LogP contribution < -0.4 is 0 Å². The average Bonchev–Trinajstić information content (AvgIpc) is 2.29. The van der Waals surface area contributed by atoms with E-state index in [0.717, 1.165) is 18.9 Å². The summed E-state index contributed by atoms with van der Waals surface area (Å²) in [5, 5.41) is 9.55. The van der Waals surface area contributed by atoms with Crippen molar-refractivity contribution < 1.29 is 5.11 Å². The fourth-order valence-electron chi connectivity index (χ4n) is 3.18. The maximum absolute atomic E-state index is 9.55. The largest absolute Gasteiger partial charge is 0.393 e. The number of hydrogen-bond acceptors (Lipinski definition) is 3. The fourth-order valence-corrected chi connectivity index (χ4v) is 3.18. The van der Waals surface area contributed by atoms with E-state index in [-0.39, 0.29) is 6.10 Å². The van der Waals surface area contributed by atoms with Crippen LogP contribution in [0.1, 0.15) is 46.5 Å². The summed E-state index contributed by atoms with van der Waals surface area (Å²) in [6.07, 6.45) is 4.36. The SMILES string of the molecule is CC(C)(C)N1CCN([C@H]2CC[C@@H](O)CC2)CC1. The third-order valence-electron chi connectivity index (χ3n) is 4.45. The number of nitrogens with zero attached hydrogens (tertiary/aromatic N) is 2. The second-order valence-electron chi connectivity index (χ2n) is 6.66. The highest BCUT2D eigenvalue weighted by Gasteiger charge is 2.30. The van der Waals surface area contributed by atoms with Crippen molar-refractivity contribution in [1.82, 2.24) is 9.80 Å². The van der Waals surface area contributed by atoms with E-state index in [4.69, 9.17) is 0 Å². The molecule has 0 bridgehead atoms. The molecule has 1 saturated carbocycles. The summed E-state index contributed by atoms with van der Waals surface area (Å²) in [6.45, 7) is 11.7. The van der Waals surface area contributed by atoms with Gasteiger partial charge in [-0.1, -0.05) is 0 Å². The molecular weight excluding hydrogens is 212 g/mol. The highest BCUT2D eigenvalue weighted by Crippen LogP contribution is 2.25. The van der Waals surface area contributed by atoms with Crippen molar-refractivity contribution in [3.05, 3.63) is 0 Å². The summed E-state index contributed by atoms with van der Waals surface area (Å²) < 4.78 is 0. The van der Waals surface area contributed by atoms with Gasteiger partial charge < -0.3 is 5.11 Å². The van der Waals surface area contributed by atoms with E-state index in [0.29, 0.717) is 5.54 Å². The van der Waals surface area contributed by atoms with Gasteiger partial charge in [0.25, 0.3) is 0 Å². The molecule has 100 valence electrons. The van der Waals surface area contributed by atoms with Crippen LogP contribution in [0.15, 0.2) is 0 Å². The molecule has 3 heteroatoms. The second-order valence-corrected chi connectivity index (χ2v) is 6.66. The summed E-state index contributed by atoms with van der Waals surface area (Å²) >= 11 is 0. The van der Waals surface area contributed by atoms with Gasteiger partial charge in [-0.3, -0.25) is 9.80 Å². The highest BCUT2D eigenvalue weighted by atomic mass is 16.3. The van der Waals surface area contributed by atoms with Crippen LogP contribution in [0.2, 0.25) is 0 Å². The average molecular weight is 240 g/mol. The highest BCUT2D eigenvalue weighted by molar-refractivity contribution is 4.86. The molecule has 0 aromatic rings. The van der Waals surface area contributed by atoms with Crippen molar-refractivity contribution in [3.8, 4) is 0 Å². The van der Waals surface area contributed by atoms with Crippen LogP contribution in [0.5, 0.6) is 0 Å². The van der Waals surface area contributed by atoms with Crippen LogP contribution >= 0.6 is 0 Å². The molecule has 2 aliphatic rings. The van der Waals surface area contributed by atoms with E-state index < -0.39 is 0 Å². The zero-order valence-electron chi connectivity index (χ0n) is 11.7. The van der Waals surface area contributed by atoms with E-state index in [9.17, 15) is 5.11 Å². The first-order chi connectivity index (χ1) is 7.97. The van der Waals surface area contributed by atoms with Gasteiger partial charge in [0.05, 0.1) is 6.10 Å². The minimum absolute atomic E-state index is 0.0258. The van der Waals surface area contributed by atoms with Gasteiger partial charge in [-0.25, -0.2) is 0 Å². The Bertz CT molecular complexity index is 233. The Kier molecular flexibility index (Phi) is 4.11. The lowest BCUT2D eigenvalue weighted by atomic mass is 9.91. The molecule has 0 spiro atoms. The molecule has 1 aliphatic heterocycles. The summed E-state index contributed by atoms with van der Waals surface area (Å²) in [7, 11) is 0. The molecule has 1 N–H and O–H groups in total. The molecule has 0 unspecified atom stereocenters. The van der Waals surface area contributed by atoms with E-state index in [1.54, 1.807) is 0 Å². The van der Waals surface area contributed by atoms with Gasteiger partial charge in [-0.05, 0) is 46.5 Å². The van der Waals surface area contributed by atoms with Crippen LogP contribution in [0.4, 0.5) is 0 Å². The van der Waals surface area contributed by atoms with Crippen LogP contribution in [0.25, 0.3) is 0 Å². The van der Waals surface area contributed by atoms with E-state index in [1.807, 2.05) is 0 Å². The molecule has 1 aliphatic carbocycles. The molecule has 2 rings (SSSR count). The first-order valence-electron chi connectivity index (χ1n) is 7.14. The van der Waals surface area contributed by atoms with Gasteiger partial charge in [0.2, 0.25) is 0 Å². The molecular formula is C14H28N2O. The number of piperazine rings is 1. The topological polar surface area (TPSA) is 26.7 Å². The van der Waals surface area contributed by atoms with Crippen molar-refractivity contribution in [2.24, 2.45) is 0 Å². The summed E-state index contributed by atoms with van der Waals surface area (Å²) in [6, 6.07) is 0.737. The Balaban J connectivity index is 1.79. The van der Waals surface area contributed by atoms with Crippen LogP contribution in [-0.2, 0) is 0 Å². The molecule has 1 heterocycles. The van der Waals surface area contributed by atoms with Gasteiger partial charge in [-0.15, -0.1) is 0 Å². The Morgan fingerprint density at radius 1 is 0.882 bits per heavy atom. The van der Waals surface area contributed by atoms with Crippen LogP contribution in [-0.4, -0.2) is 58.8 Å².